The molecule has 2 rings (SSSR count). The first-order chi connectivity index (χ1) is 10.0. The number of nitrogens with zero attached hydrogens (tertiary/aromatic N) is 2. The Bertz CT molecular complexity index is 550. The Hall–Kier alpha value is -0.930. The smallest absolute Gasteiger partial charge is 0.242 e. The lowest BCUT2D eigenvalue weighted by Gasteiger charge is -2.26. The summed E-state index contributed by atoms with van der Waals surface area (Å²) in [7, 11) is 0.244. The van der Waals surface area contributed by atoms with Crippen LogP contribution in [0, 0.1) is 0 Å². The van der Waals surface area contributed by atoms with Gasteiger partial charge >= 0.3 is 0 Å². The number of hydrogen-bond acceptors (Lipinski definition) is 5. The van der Waals surface area contributed by atoms with E-state index in [2.05, 4.69) is 14.9 Å². The standard InChI is InChI=1S/C13H24N4O3S/c1-14-10-12-9-13(11-16(12)2)21(18,19)15-3-4-17-5-7-20-8-6-17/h9,11,14-15H,3-8,10H2,1-2H3. The predicted octanol–water partition coefficient (Wildman–Crippen LogP) is -0.645. The molecule has 0 spiro atoms. The Morgan fingerprint density at radius 1 is 1.33 bits per heavy atom. The molecule has 1 fully saturated rings. The van der Waals surface area contributed by atoms with Crippen LogP contribution in [0.15, 0.2) is 17.2 Å². The second kappa shape index (κ2) is 7.37. The number of hydrogen-bond donors (Lipinski definition) is 2. The summed E-state index contributed by atoms with van der Waals surface area (Å²) < 4.78 is 34.3. The van der Waals surface area contributed by atoms with Gasteiger partial charge in [-0.05, 0) is 13.1 Å². The lowest BCUT2D eigenvalue weighted by Crippen LogP contribution is -2.41. The molecule has 0 bridgehead atoms. The van der Waals surface area contributed by atoms with E-state index in [0.717, 1.165) is 32.0 Å². The molecule has 0 radical (unpaired) electrons. The van der Waals surface area contributed by atoms with Crippen LogP contribution in [-0.4, -0.2) is 64.3 Å². The number of sulfonamides is 1. The first-order valence-electron chi connectivity index (χ1n) is 7.12. The highest BCUT2D eigenvalue weighted by Gasteiger charge is 2.18. The summed E-state index contributed by atoms with van der Waals surface area (Å²) in [6.07, 6.45) is 1.64. The van der Waals surface area contributed by atoms with Crippen LogP contribution in [0.1, 0.15) is 5.69 Å². The van der Waals surface area contributed by atoms with Crippen LogP contribution in [0.4, 0.5) is 0 Å². The minimum Gasteiger partial charge on any atom is -0.379 e. The van der Waals surface area contributed by atoms with Crippen LogP contribution in [-0.2, 0) is 28.4 Å². The summed E-state index contributed by atoms with van der Waals surface area (Å²) in [5.41, 5.74) is 0.936. The minimum absolute atomic E-state index is 0.317. The highest BCUT2D eigenvalue weighted by Crippen LogP contribution is 2.13. The number of aryl methyl sites for hydroxylation is 1. The van der Waals surface area contributed by atoms with Gasteiger partial charge in [-0.25, -0.2) is 13.1 Å². The fraction of sp³-hybridized carbons (Fsp3) is 0.692. The first-order valence-corrected chi connectivity index (χ1v) is 8.61. The van der Waals surface area contributed by atoms with E-state index in [1.54, 1.807) is 12.3 Å². The summed E-state index contributed by atoms with van der Waals surface area (Å²) in [6, 6.07) is 1.70. The average molecular weight is 316 g/mol. The lowest BCUT2D eigenvalue weighted by atomic mass is 10.4. The van der Waals surface area contributed by atoms with E-state index in [9.17, 15) is 8.42 Å². The van der Waals surface area contributed by atoms with Gasteiger partial charge in [0.15, 0.2) is 0 Å². The quantitative estimate of drug-likeness (QED) is 0.699. The van der Waals surface area contributed by atoms with Gasteiger partial charge < -0.3 is 14.6 Å². The van der Waals surface area contributed by atoms with Crippen LogP contribution < -0.4 is 10.0 Å². The SMILES string of the molecule is CNCc1cc(S(=O)(=O)NCCN2CCOCC2)cn1C. The Morgan fingerprint density at radius 2 is 2.05 bits per heavy atom. The maximum Gasteiger partial charge on any atom is 0.242 e. The number of morpholine rings is 1. The molecule has 2 heterocycles. The monoisotopic (exact) mass is 316 g/mol. The lowest BCUT2D eigenvalue weighted by molar-refractivity contribution is 0.0390. The maximum atomic E-state index is 12.3. The van der Waals surface area contributed by atoms with Gasteiger partial charge in [-0.15, -0.1) is 0 Å². The molecule has 1 aliphatic heterocycles. The molecule has 0 amide bonds. The molecule has 1 saturated heterocycles. The normalized spacial score (nSPS) is 17.2. The number of nitrogens with one attached hydrogen (secondary N) is 2. The average Bonchev–Trinajstić information content (AvgIpc) is 2.83. The van der Waals surface area contributed by atoms with Gasteiger partial charge in [0.1, 0.15) is 0 Å². The van der Waals surface area contributed by atoms with Gasteiger partial charge in [0.25, 0.3) is 0 Å². The van der Waals surface area contributed by atoms with Gasteiger partial charge in [0.2, 0.25) is 10.0 Å². The number of rotatable bonds is 7. The van der Waals surface area contributed by atoms with Crippen LogP contribution in [0.5, 0.6) is 0 Å². The van der Waals surface area contributed by atoms with Gasteiger partial charge in [-0.1, -0.05) is 0 Å². The van der Waals surface area contributed by atoms with Crippen LogP contribution in [0.3, 0.4) is 0 Å². The highest BCUT2D eigenvalue weighted by molar-refractivity contribution is 7.89. The number of ether oxygens (including phenoxy) is 1. The molecular weight excluding hydrogens is 292 g/mol. The van der Waals surface area contributed by atoms with E-state index >= 15 is 0 Å². The third-order valence-corrected chi connectivity index (χ3v) is 5.00. The van der Waals surface area contributed by atoms with Crippen molar-refractivity contribution < 1.29 is 13.2 Å². The zero-order valence-electron chi connectivity index (χ0n) is 12.6. The molecule has 21 heavy (non-hydrogen) atoms. The van der Waals surface area contributed by atoms with Gasteiger partial charge in [0, 0.05) is 51.7 Å². The Balaban J connectivity index is 1.90. The van der Waals surface area contributed by atoms with Crippen molar-refractivity contribution in [2.75, 3.05) is 46.4 Å². The Labute approximate surface area is 126 Å². The molecule has 0 saturated carbocycles. The molecule has 1 aromatic heterocycles. The molecule has 0 unspecified atom stereocenters. The van der Waals surface area contributed by atoms with Crippen molar-refractivity contribution in [3.8, 4) is 0 Å². The van der Waals surface area contributed by atoms with Gasteiger partial charge in [0.05, 0.1) is 18.1 Å². The van der Waals surface area contributed by atoms with E-state index in [1.807, 2.05) is 18.7 Å². The second-order valence-electron chi connectivity index (χ2n) is 5.16. The van der Waals surface area contributed by atoms with Crippen LogP contribution in [0.25, 0.3) is 0 Å². The molecule has 2 N–H and O–H groups in total. The summed E-state index contributed by atoms with van der Waals surface area (Å²) in [5, 5.41) is 3.02. The maximum absolute atomic E-state index is 12.3. The Kier molecular flexibility index (Phi) is 5.77. The van der Waals surface area contributed by atoms with E-state index in [4.69, 9.17) is 4.74 Å². The third-order valence-electron chi connectivity index (χ3n) is 3.57. The third kappa shape index (κ3) is 4.52. The van der Waals surface area contributed by atoms with Gasteiger partial charge in [-0.3, -0.25) is 4.90 Å². The number of aromatic nitrogens is 1. The molecule has 7 nitrogen and oxygen atoms in total. The summed E-state index contributed by atoms with van der Waals surface area (Å²) in [4.78, 5) is 2.51. The fourth-order valence-corrected chi connectivity index (χ4v) is 3.44. The van der Waals surface area contributed by atoms with Crippen molar-refractivity contribution in [1.29, 1.82) is 0 Å². The topological polar surface area (TPSA) is 75.6 Å². The minimum atomic E-state index is -3.44. The van der Waals surface area contributed by atoms with E-state index < -0.39 is 10.0 Å². The zero-order chi connectivity index (χ0) is 15.3. The summed E-state index contributed by atoms with van der Waals surface area (Å²) in [6.45, 7) is 4.92. The second-order valence-corrected chi connectivity index (χ2v) is 6.93. The van der Waals surface area contributed by atoms with Crippen LogP contribution in [0.2, 0.25) is 0 Å². The van der Waals surface area contributed by atoms with Crippen LogP contribution >= 0.6 is 0 Å². The summed E-state index contributed by atoms with van der Waals surface area (Å²) in [5.74, 6) is 0. The van der Waals surface area contributed by atoms with Crippen molar-refractivity contribution in [2.24, 2.45) is 7.05 Å². The molecular formula is C13H24N4O3S. The molecule has 0 atom stereocenters. The highest BCUT2D eigenvalue weighted by atomic mass is 32.2. The van der Waals surface area contributed by atoms with Crippen molar-refractivity contribution in [3.05, 3.63) is 18.0 Å². The molecule has 0 aliphatic carbocycles. The van der Waals surface area contributed by atoms with E-state index in [0.29, 0.717) is 24.5 Å². The first kappa shape index (κ1) is 16.4. The fourth-order valence-electron chi connectivity index (χ4n) is 2.33. The van der Waals surface area contributed by atoms with Crippen molar-refractivity contribution in [1.82, 2.24) is 19.5 Å². The Morgan fingerprint density at radius 3 is 2.71 bits per heavy atom. The van der Waals surface area contributed by atoms with Crippen molar-refractivity contribution >= 4 is 10.0 Å². The van der Waals surface area contributed by atoms with E-state index in [1.165, 1.54) is 0 Å². The largest absolute Gasteiger partial charge is 0.379 e. The van der Waals surface area contributed by atoms with Crippen molar-refractivity contribution in [2.45, 2.75) is 11.4 Å². The molecule has 8 heteroatoms. The molecule has 0 aromatic carbocycles. The predicted molar refractivity (Wildman–Crippen MR) is 80.6 cm³/mol. The summed E-state index contributed by atoms with van der Waals surface area (Å²) >= 11 is 0. The van der Waals surface area contributed by atoms with Crippen molar-refractivity contribution in [3.63, 3.8) is 0 Å². The van der Waals surface area contributed by atoms with Gasteiger partial charge in [-0.2, -0.15) is 0 Å². The molecule has 120 valence electrons. The molecule has 1 aliphatic rings. The van der Waals surface area contributed by atoms with E-state index in [-0.39, 0.29) is 0 Å². The molecule has 1 aromatic rings. The zero-order valence-corrected chi connectivity index (χ0v) is 13.4.